The summed E-state index contributed by atoms with van der Waals surface area (Å²) < 4.78 is 0. The molecule has 3 rings (SSSR count). The molecule has 1 aliphatic rings. The molecule has 2 nitrogen and oxygen atoms in total. The van der Waals surface area contributed by atoms with Gasteiger partial charge in [-0.1, -0.05) is 12.1 Å². The molecule has 2 heteroatoms. The van der Waals surface area contributed by atoms with Gasteiger partial charge in [0.05, 0.1) is 0 Å². The fourth-order valence-electron chi connectivity index (χ4n) is 2.48. The normalized spacial score (nSPS) is 17.6. The molecule has 1 aromatic carbocycles. The zero-order chi connectivity index (χ0) is 12.0. The van der Waals surface area contributed by atoms with Crippen LogP contribution in [0.3, 0.4) is 0 Å². The molecule has 1 heterocycles. The van der Waals surface area contributed by atoms with Crippen molar-refractivity contribution in [3.05, 3.63) is 35.0 Å². The Kier molecular flexibility index (Phi) is 2.30. The Labute approximate surface area is 102 Å². The predicted molar refractivity (Wildman–Crippen MR) is 72.2 cm³/mol. The van der Waals surface area contributed by atoms with Crippen LogP contribution in [-0.4, -0.2) is 10.5 Å². The summed E-state index contributed by atoms with van der Waals surface area (Å²) in [7, 11) is 0. The minimum absolute atomic E-state index is 0.163. The van der Waals surface area contributed by atoms with Gasteiger partial charge in [0.15, 0.2) is 0 Å². The van der Waals surface area contributed by atoms with Crippen molar-refractivity contribution in [3.63, 3.8) is 0 Å². The summed E-state index contributed by atoms with van der Waals surface area (Å²) in [5, 5.41) is 1.35. The lowest BCUT2D eigenvalue weighted by Crippen LogP contribution is -2.22. The molecule has 0 atom stereocenters. The van der Waals surface area contributed by atoms with Crippen molar-refractivity contribution in [1.82, 2.24) is 4.98 Å². The highest BCUT2D eigenvalue weighted by Gasteiger charge is 2.37. The van der Waals surface area contributed by atoms with E-state index in [1.165, 1.54) is 40.6 Å². The SMILES string of the molecule is Cc1[nH]c2cc(CCC3(N)CC3)ccc2c1C. The Morgan fingerprint density at radius 2 is 2.06 bits per heavy atom. The minimum Gasteiger partial charge on any atom is -0.358 e. The molecule has 0 spiro atoms. The second-order valence-corrected chi connectivity index (χ2v) is 5.62. The third-order valence-corrected chi connectivity index (χ3v) is 4.18. The molecule has 2 aromatic rings. The van der Waals surface area contributed by atoms with Crippen molar-refractivity contribution in [2.24, 2.45) is 5.73 Å². The first kappa shape index (κ1) is 10.8. The van der Waals surface area contributed by atoms with Crippen molar-refractivity contribution in [2.75, 3.05) is 0 Å². The number of aryl methyl sites for hydroxylation is 3. The topological polar surface area (TPSA) is 41.8 Å². The van der Waals surface area contributed by atoms with Gasteiger partial charge < -0.3 is 10.7 Å². The number of benzene rings is 1. The Morgan fingerprint density at radius 1 is 1.29 bits per heavy atom. The number of nitrogens with two attached hydrogens (primary N) is 1. The van der Waals surface area contributed by atoms with Gasteiger partial charge in [0.25, 0.3) is 0 Å². The highest BCUT2D eigenvalue weighted by molar-refractivity contribution is 5.84. The third-order valence-electron chi connectivity index (χ3n) is 4.18. The van der Waals surface area contributed by atoms with E-state index in [0.717, 1.165) is 12.8 Å². The Balaban J connectivity index is 1.86. The summed E-state index contributed by atoms with van der Waals surface area (Å²) >= 11 is 0. The van der Waals surface area contributed by atoms with Gasteiger partial charge in [-0.2, -0.15) is 0 Å². The molecule has 1 aromatic heterocycles. The average molecular weight is 228 g/mol. The van der Waals surface area contributed by atoms with Crippen LogP contribution in [0.25, 0.3) is 10.9 Å². The monoisotopic (exact) mass is 228 g/mol. The smallest absolute Gasteiger partial charge is 0.0461 e. The van der Waals surface area contributed by atoms with Gasteiger partial charge >= 0.3 is 0 Å². The maximum Gasteiger partial charge on any atom is 0.0461 e. The lowest BCUT2D eigenvalue weighted by molar-refractivity contribution is 0.609. The number of fused-ring (bicyclic) bond motifs is 1. The fraction of sp³-hybridized carbons (Fsp3) is 0.467. The van der Waals surface area contributed by atoms with Crippen molar-refractivity contribution in [2.45, 2.75) is 45.1 Å². The minimum atomic E-state index is 0.163. The standard InChI is InChI=1S/C15H20N2/c1-10-11(2)17-14-9-12(3-4-13(10)14)5-6-15(16)7-8-15/h3-4,9,17H,5-8,16H2,1-2H3. The lowest BCUT2D eigenvalue weighted by Gasteiger charge is -2.08. The zero-order valence-corrected chi connectivity index (χ0v) is 10.6. The van der Waals surface area contributed by atoms with Crippen molar-refractivity contribution >= 4 is 10.9 Å². The van der Waals surface area contributed by atoms with E-state index < -0.39 is 0 Å². The number of H-pyrrole nitrogens is 1. The molecule has 90 valence electrons. The first-order chi connectivity index (χ1) is 8.07. The summed E-state index contributed by atoms with van der Waals surface area (Å²) in [5.74, 6) is 0. The molecule has 0 bridgehead atoms. The Morgan fingerprint density at radius 3 is 2.76 bits per heavy atom. The molecule has 0 aliphatic heterocycles. The van der Waals surface area contributed by atoms with Gasteiger partial charge in [-0.05, 0) is 56.7 Å². The van der Waals surface area contributed by atoms with Crippen LogP contribution in [0.2, 0.25) is 0 Å². The van der Waals surface area contributed by atoms with Crippen LogP contribution >= 0.6 is 0 Å². The summed E-state index contributed by atoms with van der Waals surface area (Å²) in [4.78, 5) is 3.45. The number of nitrogens with one attached hydrogen (secondary N) is 1. The first-order valence-corrected chi connectivity index (χ1v) is 6.44. The summed E-state index contributed by atoms with van der Waals surface area (Å²) in [5.41, 5.74) is 11.6. The highest BCUT2D eigenvalue weighted by atomic mass is 14.8. The van der Waals surface area contributed by atoms with Crippen molar-refractivity contribution in [3.8, 4) is 0 Å². The van der Waals surface area contributed by atoms with E-state index in [4.69, 9.17) is 5.73 Å². The molecule has 0 saturated heterocycles. The van der Waals surface area contributed by atoms with Gasteiger partial charge in [-0.15, -0.1) is 0 Å². The van der Waals surface area contributed by atoms with Crippen LogP contribution in [0.15, 0.2) is 18.2 Å². The van der Waals surface area contributed by atoms with Crippen LogP contribution in [0.1, 0.15) is 36.1 Å². The first-order valence-electron chi connectivity index (χ1n) is 6.44. The molecule has 1 saturated carbocycles. The molecule has 0 amide bonds. The molecule has 0 radical (unpaired) electrons. The lowest BCUT2D eigenvalue weighted by atomic mass is 10.0. The largest absolute Gasteiger partial charge is 0.358 e. The molecular formula is C15H20N2. The highest BCUT2D eigenvalue weighted by Crippen LogP contribution is 2.36. The molecule has 17 heavy (non-hydrogen) atoms. The van der Waals surface area contributed by atoms with Crippen LogP contribution < -0.4 is 5.73 Å². The fourth-order valence-corrected chi connectivity index (χ4v) is 2.48. The van der Waals surface area contributed by atoms with E-state index in [0.29, 0.717) is 0 Å². The van der Waals surface area contributed by atoms with E-state index in [-0.39, 0.29) is 5.54 Å². The van der Waals surface area contributed by atoms with Gasteiger partial charge in [-0.25, -0.2) is 0 Å². The number of aromatic amines is 1. The van der Waals surface area contributed by atoms with Crippen LogP contribution in [-0.2, 0) is 6.42 Å². The average Bonchev–Trinajstić information content (AvgIpc) is 2.98. The van der Waals surface area contributed by atoms with E-state index in [9.17, 15) is 0 Å². The van der Waals surface area contributed by atoms with E-state index in [2.05, 4.69) is 37.0 Å². The number of aromatic nitrogens is 1. The quantitative estimate of drug-likeness (QED) is 0.832. The number of hydrogen-bond acceptors (Lipinski definition) is 1. The van der Waals surface area contributed by atoms with Gasteiger partial charge in [0, 0.05) is 22.1 Å². The molecule has 1 fully saturated rings. The molecule has 3 N–H and O–H groups in total. The maximum atomic E-state index is 6.13. The maximum absolute atomic E-state index is 6.13. The predicted octanol–water partition coefficient (Wildman–Crippen LogP) is 3.21. The third kappa shape index (κ3) is 1.98. The van der Waals surface area contributed by atoms with Crippen molar-refractivity contribution < 1.29 is 0 Å². The second kappa shape index (κ2) is 3.61. The van der Waals surface area contributed by atoms with Crippen molar-refractivity contribution in [1.29, 1.82) is 0 Å². The van der Waals surface area contributed by atoms with E-state index >= 15 is 0 Å². The molecule has 1 aliphatic carbocycles. The summed E-state index contributed by atoms with van der Waals surface area (Å²) in [6.07, 6.45) is 4.63. The number of hydrogen-bond donors (Lipinski definition) is 2. The molecular weight excluding hydrogens is 208 g/mol. The van der Waals surface area contributed by atoms with Crippen LogP contribution in [0.5, 0.6) is 0 Å². The van der Waals surface area contributed by atoms with Gasteiger partial charge in [0.1, 0.15) is 0 Å². The van der Waals surface area contributed by atoms with E-state index in [1.54, 1.807) is 0 Å². The van der Waals surface area contributed by atoms with Crippen LogP contribution in [0, 0.1) is 13.8 Å². The summed E-state index contributed by atoms with van der Waals surface area (Å²) in [6.45, 7) is 4.31. The summed E-state index contributed by atoms with van der Waals surface area (Å²) in [6, 6.07) is 6.76. The van der Waals surface area contributed by atoms with Gasteiger partial charge in [0.2, 0.25) is 0 Å². The van der Waals surface area contributed by atoms with E-state index in [1.807, 2.05) is 0 Å². The second-order valence-electron chi connectivity index (χ2n) is 5.62. The van der Waals surface area contributed by atoms with Crippen LogP contribution in [0.4, 0.5) is 0 Å². The molecule has 0 unspecified atom stereocenters. The zero-order valence-electron chi connectivity index (χ0n) is 10.6. The number of rotatable bonds is 3. The Bertz CT molecular complexity index is 562. The Hall–Kier alpha value is -1.28. The van der Waals surface area contributed by atoms with Gasteiger partial charge in [-0.3, -0.25) is 0 Å².